The first-order chi connectivity index (χ1) is 9.98. The number of methoxy groups -OCH3 is 1. The monoisotopic (exact) mass is 333 g/mol. The van der Waals surface area contributed by atoms with Crippen molar-refractivity contribution in [1.29, 1.82) is 0 Å². The molecule has 1 saturated heterocycles. The van der Waals surface area contributed by atoms with Gasteiger partial charge in [-0.3, -0.25) is 0 Å². The van der Waals surface area contributed by atoms with Crippen molar-refractivity contribution in [3.05, 3.63) is 23.8 Å². The third-order valence-corrected chi connectivity index (χ3v) is 5.61. The number of halogens is 1. The fourth-order valence-electron chi connectivity index (χ4n) is 2.38. The second-order valence-corrected chi connectivity index (χ2v) is 7.24. The van der Waals surface area contributed by atoms with Gasteiger partial charge in [0.25, 0.3) is 0 Å². The number of hydrogen-bond donors (Lipinski definition) is 0. The Morgan fingerprint density at radius 1 is 1.48 bits per heavy atom. The number of benzene rings is 1. The van der Waals surface area contributed by atoms with E-state index in [4.69, 9.17) is 21.1 Å². The van der Waals surface area contributed by atoms with Crippen molar-refractivity contribution >= 4 is 21.6 Å². The topological polar surface area (TPSA) is 55.8 Å². The Bertz CT molecular complexity index is 591. The molecule has 118 valence electrons. The van der Waals surface area contributed by atoms with Gasteiger partial charge in [-0.05, 0) is 37.1 Å². The third kappa shape index (κ3) is 3.69. The maximum Gasteiger partial charge on any atom is 0.243 e. The molecule has 0 spiro atoms. The molecule has 1 heterocycles. The van der Waals surface area contributed by atoms with Gasteiger partial charge < -0.3 is 9.47 Å². The Morgan fingerprint density at radius 2 is 2.24 bits per heavy atom. The predicted octanol–water partition coefficient (Wildman–Crippen LogP) is 1.89. The fraction of sp³-hybridized carbons (Fsp3) is 0.571. The number of alkyl halides is 1. The number of morpholine rings is 1. The normalized spacial score (nSPS) is 20.4. The van der Waals surface area contributed by atoms with Crippen molar-refractivity contribution in [2.45, 2.75) is 24.3 Å². The lowest BCUT2D eigenvalue weighted by atomic mass is 10.1. The highest BCUT2D eigenvalue weighted by Crippen LogP contribution is 2.26. The van der Waals surface area contributed by atoms with E-state index in [0.29, 0.717) is 48.2 Å². The molecule has 1 aromatic rings. The minimum absolute atomic E-state index is 0.0942. The lowest BCUT2D eigenvalue weighted by Crippen LogP contribution is -2.44. The predicted molar refractivity (Wildman–Crippen MR) is 81.6 cm³/mol. The van der Waals surface area contributed by atoms with Crippen LogP contribution in [0, 0.1) is 0 Å². The highest BCUT2D eigenvalue weighted by Gasteiger charge is 2.30. The number of hydrogen-bond acceptors (Lipinski definition) is 4. The van der Waals surface area contributed by atoms with E-state index in [9.17, 15) is 8.42 Å². The van der Waals surface area contributed by atoms with E-state index >= 15 is 0 Å². The molecule has 5 nitrogen and oxygen atoms in total. The molecule has 1 unspecified atom stereocenters. The second-order valence-electron chi connectivity index (χ2n) is 4.96. The van der Waals surface area contributed by atoms with E-state index in [-0.39, 0.29) is 6.10 Å². The first-order valence-electron chi connectivity index (χ1n) is 6.83. The van der Waals surface area contributed by atoms with Gasteiger partial charge in [0.15, 0.2) is 0 Å². The Labute approximate surface area is 130 Å². The van der Waals surface area contributed by atoms with Crippen molar-refractivity contribution in [2.24, 2.45) is 0 Å². The van der Waals surface area contributed by atoms with Crippen molar-refractivity contribution in [1.82, 2.24) is 4.31 Å². The molecule has 21 heavy (non-hydrogen) atoms. The van der Waals surface area contributed by atoms with Gasteiger partial charge in [-0.25, -0.2) is 8.42 Å². The van der Waals surface area contributed by atoms with E-state index in [1.807, 2.05) is 6.92 Å². The van der Waals surface area contributed by atoms with Gasteiger partial charge in [-0.2, -0.15) is 4.31 Å². The number of sulfonamides is 1. The third-order valence-electron chi connectivity index (χ3n) is 3.45. The van der Waals surface area contributed by atoms with Crippen LogP contribution in [0.25, 0.3) is 0 Å². The summed E-state index contributed by atoms with van der Waals surface area (Å²) in [6, 6.07) is 4.99. The quantitative estimate of drug-likeness (QED) is 0.772. The van der Waals surface area contributed by atoms with E-state index in [1.54, 1.807) is 25.3 Å². The van der Waals surface area contributed by atoms with Gasteiger partial charge in [-0.1, -0.05) is 0 Å². The van der Waals surface area contributed by atoms with Gasteiger partial charge >= 0.3 is 0 Å². The molecule has 1 atom stereocenters. The van der Waals surface area contributed by atoms with E-state index in [0.717, 1.165) is 0 Å². The maximum absolute atomic E-state index is 12.8. The van der Waals surface area contributed by atoms with E-state index in [1.165, 1.54) is 4.31 Å². The molecule has 2 rings (SSSR count). The minimum atomic E-state index is -3.53. The highest BCUT2D eigenvalue weighted by atomic mass is 35.5. The molecule has 0 radical (unpaired) electrons. The second kappa shape index (κ2) is 6.96. The van der Waals surface area contributed by atoms with Crippen molar-refractivity contribution < 1.29 is 17.9 Å². The van der Waals surface area contributed by atoms with Crippen LogP contribution in [0.2, 0.25) is 0 Å². The Balaban J connectivity index is 2.38. The van der Waals surface area contributed by atoms with Crippen LogP contribution in [0.3, 0.4) is 0 Å². The van der Waals surface area contributed by atoms with Crippen LogP contribution < -0.4 is 4.74 Å². The number of ether oxygens (including phenoxy) is 2. The zero-order valence-electron chi connectivity index (χ0n) is 12.2. The van der Waals surface area contributed by atoms with Crippen molar-refractivity contribution in [2.75, 3.05) is 32.7 Å². The summed E-state index contributed by atoms with van der Waals surface area (Å²) < 4.78 is 37.7. The number of nitrogens with zero attached hydrogens (tertiary/aromatic N) is 1. The van der Waals surface area contributed by atoms with E-state index < -0.39 is 10.0 Å². The molecule has 0 bridgehead atoms. The van der Waals surface area contributed by atoms with Crippen molar-refractivity contribution in [3.8, 4) is 5.75 Å². The van der Waals surface area contributed by atoms with Gasteiger partial charge in [0, 0.05) is 19.0 Å². The summed E-state index contributed by atoms with van der Waals surface area (Å²) in [4.78, 5) is 0.304. The Kier molecular flexibility index (Phi) is 5.48. The molecule has 1 aliphatic heterocycles. The summed E-state index contributed by atoms with van der Waals surface area (Å²) in [6.45, 7) is 3.03. The van der Waals surface area contributed by atoms with Crippen molar-refractivity contribution in [3.63, 3.8) is 0 Å². The molecule has 0 aromatic heterocycles. The first-order valence-corrected chi connectivity index (χ1v) is 8.81. The fourth-order valence-corrected chi connectivity index (χ4v) is 4.31. The van der Waals surface area contributed by atoms with Gasteiger partial charge in [0.05, 0.1) is 24.7 Å². The summed E-state index contributed by atoms with van der Waals surface area (Å²) in [5.74, 6) is 0.985. The molecule has 0 N–H and O–H groups in total. The average Bonchev–Trinajstić information content (AvgIpc) is 2.47. The van der Waals surface area contributed by atoms with Crippen LogP contribution >= 0.6 is 11.6 Å². The number of rotatable bonds is 5. The first kappa shape index (κ1) is 16.5. The van der Waals surface area contributed by atoms with Crippen LogP contribution in [0.5, 0.6) is 5.75 Å². The van der Waals surface area contributed by atoms with Gasteiger partial charge in [-0.15, -0.1) is 11.6 Å². The van der Waals surface area contributed by atoms with Crippen LogP contribution in [-0.4, -0.2) is 51.5 Å². The molecule has 0 saturated carbocycles. The van der Waals surface area contributed by atoms with Crippen LogP contribution in [0.4, 0.5) is 0 Å². The summed E-state index contributed by atoms with van der Waals surface area (Å²) in [7, 11) is -1.98. The zero-order chi connectivity index (χ0) is 15.5. The maximum atomic E-state index is 12.8. The summed E-state index contributed by atoms with van der Waals surface area (Å²) in [5, 5.41) is 0. The molecule has 0 amide bonds. The SMILES string of the molecule is COc1ccc(S(=O)(=O)N2CCOC(C)C2)c(CCCl)c1. The Hall–Kier alpha value is -0.820. The average molecular weight is 334 g/mol. The van der Waals surface area contributed by atoms with Crippen LogP contribution in [-0.2, 0) is 21.2 Å². The summed E-state index contributed by atoms with van der Waals surface area (Å²) >= 11 is 5.79. The molecule has 7 heteroatoms. The molecular formula is C14H20ClNO4S. The molecular weight excluding hydrogens is 314 g/mol. The zero-order valence-corrected chi connectivity index (χ0v) is 13.8. The lowest BCUT2D eigenvalue weighted by Gasteiger charge is -2.30. The summed E-state index contributed by atoms with van der Waals surface area (Å²) in [6.07, 6.45) is 0.385. The van der Waals surface area contributed by atoms with E-state index in [2.05, 4.69) is 0 Å². The molecule has 1 fully saturated rings. The van der Waals surface area contributed by atoms with Crippen LogP contribution in [0.1, 0.15) is 12.5 Å². The standard InChI is InChI=1S/C14H20ClNO4S/c1-11-10-16(7-8-20-11)21(17,18)14-4-3-13(19-2)9-12(14)5-6-15/h3-4,9,11H,5-8,10H2,1-2H3. The smallest absolute Gasteiger partial charge is 0.243 e. The number of aryl methyl sites for hydroxylation is 1. The lowest BCUT2D eigenvalue weighted by molar-refractivity contribution is 0.0101. The summed E-state index contributed by atoms with van der Waals surface area (Å²) in [5.41, 5.74) is 0.684. The molecule has 1 aromatic carbocycles. The Morgan fingerprint density at radius 3 is 2.86 bits per heavy atom. The minimum Gasteiger partial charge on any atom is -0.497 e. The highest BCUT2D eigenvalue weighted by molar-refractivity contribution is 7.89. The molecule has 0 aliphatic carbocycles. The van der Waals surface area contributed by atoms with Gasteiger partial charge in [0.2, 0.25) is 10.0 Å². The van der Waals surface area contributed by atoms with Crippen LogP contribution in [0.15, 0.2) is 23.1 Å². The largest absolute Gasteiger partial charge is 0.497 e. The van der Waals surface area contributed by atoms with Gasteiger partial charge in [0.1, 0.15) is 5.75 Å². The molecule has 1 aliphatic rings.